The highest BCUT2D eigenvalue weighted by Gasteiger charge is 2.15. The summed E-state index contributed by atoms with van der Waals surface area (Å²) in [5, 5.41) is 0. The predicted octanol–water partition coefficient (Wildman–Crippen LogP) is 5.42. The fraction of sp³-hybridized carbons (Fsp3) is 0.0588. The molecule has 0 amide bonds. The average Bonchev–Trinajstić information content (AvgIpc) is 2.56. The molecule has 3 aromatic rings. The summed E-state index contributed by atoms with van der Waals surface area (Å²) in [6, 6.07) is 12.6. The Hall–Kier alpha value is -1.09. The zero-order valence-corrected chi connectivity index (χ0v) is 18.4. The molecule has 130 valence electrons. The molecule has 0 aliphatic rings. The van der Waals surface area contributed by atoms with Gasteiger partial charge in [0.1, 0.15) is 0 Å². The van der Waals surface area contributed by atoms with Crippen LogP contribution in [-0.2, 0) is 15.6 Å². The molecular weight excluding hydrogens is 536 g/mol. The van der Waals surface area contributed by atoms with Crippen molar-refractivity contribution in [2.24, 2.45) is 0 Å². The maximum Gasteiger partial charge on any atom is 0.184 e. The van der Waals surface area contributed by atoms with Crippen LogP contribution in [0.25, 0.3) is 0 Å². The highest BCUT2D eigenvalue weighted by Crippen LogP contribution is 2.19. The molecule has 0 aliphatic carbocycles. The molecule has 8 heteroatoms. The van der Waals surface area contributed by atoms with E-state index < -0.39 is 9.84 Å². The standard InChI is InChI=1S/C12H10BrNO2S.C5H3Br2N/c13-11-6-12(8-14-7-11)17(15,16)9-10-4-2-1-3-5-10;6-4-1-5(7)3-8-2-4/h1-8H,9H2;1-3H. The first kappa shape index (κ1) is 20.2. The molecule has 0 saturated carbocycles. The third-order valence-electron chi connectivity index (χ3n) is 2.91. The molecule has 4 nitrogen and oxygen atoms in total. The van der Waals surface area contributed by atoms with E-state index in [1.165, 1.54) is 6.20 Å². The van der Waals surface area contributed by atoms with Crippen LogP contribution in [0.2, 0.25) is 0 Å². The van der Waals surface area contributed by atoms with Crippen LogP contribution < -0.4 is 0 Å². The summed E-state index contributed by atoms with van der Waals surface area (Å²) in [5.41, 5.74) is 0.771. The van der Waals surface area contributed by atoms with Crippen molar-refractivity contribution < 1.29 is 8.42 Å². The van der Waals surface area contributed by atoms with Crippen LogP contribution in [0, 0.1) is 0 Å². The van der Waals surface area contributed by atoms with Crippen molar-refractivity contribution in [3.63, 3.8) is 0 Å². The molecule has 0 aliphatic heterocycles. The lowest BCUT2D eigenvalue weighted by Gasteiger charge is -2.04. The molecule has 0 spiro atoms. The van der Waals surface area contributed by atoms with Gasteiger partial charge in [-0.25, -0.2) is 8.42 Å². The maximum atomic E-state index is 12.1. The topological polar surface area (TPSA) is 59.9 Å². The summed E-state index contributed by atoms with van der Waals surface area (Å²) < 4.78 is 26.8. The van der Waals surface area contributed by atoms with Gasteiger partial charge in [-0.15, -0.1) is 0 Å². The van der Waals surface area contributed by atoms with Gasteiger partial charge in [0.05, 0.1) is 10.6 Å². The van der Waals surface area contributed by atoms with E-state index in [0.717, 1.165) is 14.5 Å². The third-order valence-corrected chi connectivity index (χ3v) is 5.87. The van der Waals surface area contributed by atoms with Crippen molar-refractivity contribution in [1.82, 2.24) is 9.97 Å². The molecule has 3 rings (SSSR count). The van der Waals surface area contributed by atoms with E-state index in [-0.39, 0.29) is 10.6 Å². The number of hydrogen-bond acceptors (Lipinski definition) is 4. The van der Waals surface area contributed by atoms with Gasteiger partial charge in [-0.3, -0.25) is 9.97 Å². The van der Waals surface area contributed by atoms with Crippen molar-refractivity contribution in [2.45, 2.75) is 10.6 Å². The number of benzene rings is 1. The van der Waals surface area contributed by atoms with E-state index in [1.807, 2.05) is 24.3 Å². The second-order valence-electron chi connectivity index (χ2n) is 4.90. The van der Waals surface area contributed by atoms with Crippen LogP contribution >= 0.6 is 47.8 Å². The number of rotatable bonds is 3. The van der Waals surface area contributed by atoms with E-state index in [4.69, 9.17) is 0 Å². The van der Waals surface area contributed by atoms with Crippen LogP contribution in [0.4, 0.5) is 0 Å². The molecule has 0 unspecified atom stereocenters. The quantitative estimate of drug-likeness (QED) is 0.438. The van der Waals surface area contributed by atoms with E-state index in [1.54, 1.807) is 36.8 Å². The summed E-state index contributed by atoms with van der Waals surface area (Å²) in [5.74, 6) is -0.00796. The Morgan fingerprint density at radius 2 is 1.28 bits per heavy atom. The van der Waals surface area contributed by atoms with E-state index >= 15 is 0 Å². The summed E-state index contributed by atoms with van der Waals surface area (Å²) in [6.45, 7) is 0. The first-order valence-electron chi connectivity index (χ1n) is 7.00. The number of sulfone groups is 1. The Morgan fingerprint density at radius 3 is 1.76 bits per heavy atom. The molecule has 0 N–H and O–H groups in total. The Kier molecular flexibility index (Phi) is 7.74. The normalized spacial score (nSPS) is 10.7. The summed E-state index contributed by atoms with van der Waals surface area (Å²) in [6.07, 6.45) is 6.40. The van der Waals surface area contributed by atoms with Gasteiger partial charge in [-0.05, 0) is 65.5 Å². The van der Waals surface area contributed by atoms with Gasteiger partial charge < -0.3 is 0 Å². The van der Waals surface area contributed by atoms with Gasteiger partial charge in [0.2, 0.25) is 0 Å². The number of pyridine rings is 2. The zero-order valence-electron chi connectivity index (χ0n) is 12.8. The van der Waals surface area contributed by atoms with Gasteiger partial charge in [-0.2, -0.15) is 0 Å². The third kappa shape index (κ3) is 6.97. The Labute approximate surface area is 172 Å². The fourth-order valence-corrected chi connectivity index (χ4v) is 4.70. The van der Waals surface area contributed by atoms with Crippen LogP contribution in [0.15, 0.2) is 85.6 Å². The van der Waals surface area contributed by atoms with Crippen molar-refractivity contribution >= 4 is 57.6 Å². The second-order valence-corrected chi connectivity index (χ2v) is 9.64. The second kappa shape index (κ2) is 9.56. The lowest BCUT2D eigenvalue weighted by Crippen LogP contribution is -2.05. The molecule has 0 bridgehead atoms. The molecule has 1 aromatic carbocycles. The minimum absolute atomic E-state index is 0.00796. The summed E-state index contributed by atoms with van der Waals surface area (Å²) >= 11 is 9.75. The molecule has 0 fully saturated rings. The largest absolute Gasteiger partial charge is 0.262 e. The Balaban J connectivity index is 0.000000236. The predicted molar refractivity (Wildman–Crippen MR) is 109 cm³/mol. The molecule has 25 heavy (non-hydrogen) atoms. The van der Waals surface area contributed by atoms with E-state index in [0.29, 0.717) is 4.47 Å². The number of hydrogen-bond donors (Lipinski definition) is 0. The molecule has 2 aromatic heterocycles. The number of halogens is 3. The lowest BCUT2D eigenvalue weighted by atomic mass is 10.2. The van der Waals surface area contributed by atoms with Gasteiger partial charge in [-0.1, -0.05) is 30.3 Å². The lowest BCUT2D eigenvalue weighted by molar-refractivity contribution is 0.595. The molecule has 0 atom stereocenters. The van der Waals surface area contributed by atoms with Crippen molar-refractivity contribution in [2.75, 3.05) is 0 Å². The zero-order chi connectivity index (χ0) is 18.3. The minimum atomic E-state index is -3.33. The summed E-state index contributed by atoms with van der Waals surface area (Å²) in [4.78, 5) is 7.99. The molecule has 0 saturated heterocycles. The van der Waals surface area contributed by atoms with E-state index in [9.17, 15) is 8.42 Å². The first-order chi connectivity index (χ1) is 11.9. The van der Waals surface area contributed by atoms with Crippen molar-refractivity contribution in [1.29, 1.82) is 0 Å². The average molecular weight is 549 g/mol. The molecule has 0 radical (unpaired) electrons. The maximum absolute atomic E-state index is 12.1. The number of nitrogens with zero attached hydrogens (tertiary/aromatic N) is 2. The molecular formula is C17H13Br3N2O2S. The Bertz CT molecular complexity index is 918. The highest BCUT2D eigenvalue weighted by atomic mass is 79.9. The van der Waals surface area contributed by atoms with Gasteiger partial charge in [0.25, 0.3) is 0 Å². The smallest absolute Gasteiger partial charge is 0.184 e. The summed E-state index contributed by atoms with van der Waals surface area (Å²) in [7, 11) is -3.33. The van der Waals surface area contributed by atoms with Crippen molar-refractivity contribution in [3.8, 4) is 0 Å². The van der Waals surface area contributed by atoms with Crippen LogP contribution in [0.1, 0.15) is 5.56 Å². The van der Waals surface area contributed by atoms with Gasteiger partial charge >= 0.3 is 0 Å². The van der Waals surface area contributed by atoms with Crippen molar-refractivity contribution in [3.05, 3.63) is 86.2 Å². The first-order valence-corrected chi connectivity index (χ1v) is 11.0. The van der Waals surface area contributed by atoms with Crippen LogP contribution in [0.5, 0.6) is 0 Å². The highest BCUT2D eigenvalue weighted by molar-refractivity contribution is 9.11. The Morgan fingerprint density at radius 1 is 0.760 bits per heavy atom. The van der Waals surface area contributed by atoms with Crippen LogP contribution in [-0.4, -0.2) is 18.4 Å². The number of aromatic nitrogens is 2. The monoisotopic (exact) mass is 546 g/mol. The molecule has 2 heterocycles. The van der Waals surface area contributed by atoms with Crippen LogP contribution in [0.3, 0.4) is 0 Å². The minimum Gasteiger partial charge on any atom is -0.262 e. The van der Waals surface area contributed by atoms with Gasteiger partial charge in [0.15, 0.2) is 9.84 Å². The van der Waals surface area contributed by atoms with Gasteiger partial charge in [0, 0.05) is 38.2 Å². The van der Waals surface area contributed by atoms with E-state index in [2.05, 4.69) is 57.8 Å². The SMILES string of the molecule is Brc1cncc(Br)c1.O=S(=O)(Cc1ccccc1)c1cncc(Br)c1. The fourth-order valence-electron chi connectivity index (χ4n) is 1.83.